The first-order chi connectivity index (χ1) is 18.7. The smallest absolute Gasteiger partial charge is 0.416 e. The molecule has 1 fully saturated rings. The number of nitrogens with one attached hydrogen (secondary N) is 1. The van der Waals surface area contributed by atoms with E-state index in [4.69, 9.17) is 14.2 Å². The zero-order valence-electron chi connectivity index (χ0n) is 21.2. The summed E-state index contributed by atoms with van der Waals surface area (Å²) in [6.45, 7) is 2.30. The van der Waals surface area contributed by atoms with Gasteiger partial charge in [0.05, 0.1) is 30.0 Å². The maximum Gasteiger partial charge on any atom is 0.416 e. The summed E-state index contributed by atoms with van der Waals surface area (Å²) in [7, 11) is 0. The third-order valence-corrected chi connectivity index (χ3v) is 7.58. The van der Waals surface area contributed by atoms with Gasteiger partial charge in [0.25, 0.3) is 5.91 Å². The Bertz CT molecular complexity index is 1310. The van der Waals surface area contributed by atoms with Gasteiger partial charge >= 0.3 is 6.18 Å². The first kappa shape index (κ1) is 27.4. The molecule has 0 spiro atoms. The molecule has 2 aromatic carbocycles. The molecular weight excluding hydrogens is 535 g/mol. The number of fused-ring (bicyclic) bond motifs is 1. The second-order valence-corrected chi connectivity index (χ2v) is 10.8. The van der Waals surface area contributed by atoms with Crippen molar-refractivity contribution in [3.8, 4) is 5.75 Å². The van der Waals surface area contributed by atoms with Gasteiger partial charge in [-0.25, -0.2) is 4.98 Å². The number of rotatable bonds is 7. The van der Waals surface area contributed by atoms with Crippen molar-refractivity contribution < 1.29 is 37.3 Å². The lowest BCUT2D eigenvalue weighted by Gasteiger charge is -2.46. The molecule has 1 amide bonds. The van der Waals surface area contributed by atoms with Gasteiger partial charge in [0.1, 0.15) is 12.1 Å². The monoisotopic (exact) mass is 563 g/mol. The van der Waals surface area contributed by atoms with E-state index in [1.165, 1.54) is 23.5 Å². The number of aromatic nitrogens is 1. The molecule has 5 rings (SSSR count). The minimum atomic E-state index is -4.47. The third kappa shape index (κ3) is 5.74. The number of aliphatic hydroxyl groups is 1. The number of ether oxygens (including phenoxy) is 3. The number of carbonyl (C=O) groups excluding carboxylic acids is 1. The number of amides is 1. The topological polar surface area (TPSA) is 93.2 Å². The summed E-state index contributed by atoms with van der Waals surface area (Å²) in [4.78, 5) is 20.6. The summed E-state index contributed by atoms with van der Waals surface area (Å²) in [5, 5.41) is 13.9. The summed E-state index contributed by atoms with van der Waals surface area (Å²) in [6, 6.07) is 9.22. The van der Waals surface area contributed by atoms with Crippen LogP contribution in [0.3, 0.4) is 0 Å². The predicted molar refractivity (Wildman–Crippen MR) is 140 cm³/mol. The fourth-order valence-electron chi connectivity index (χ4n) is 4.61. The molecule has 0 bridgehead atoms. The van der Waals surface area contributed by atoms with Crippen LogP contribution in [0.2, 0.25) is 0 Å². The standard InChI is InChI=1S/C27H28F3N3O5S/c1-17-13-31-25(39-17)33-21-6-4-5-20(24(35)32-19-10-8-18(9-11-19)27(28,29)30)23(21)38-16-26(33,14-34)15-37-22-7-2-3-12-36-22/h4-6,8-11,13,22,34H,2-3,7,12,14-16H2,1H3,(H,32,35). The van der Waals surface area contributed by atoms with Crippen LogP contribution >= 0.6 is 11.3 Å². The van der Waals surface area contributed by atoms with E-state index in [1.807, 2.05) is 11.8 Å². The van der Waals surface area contributed by atoms with Gasteiger partial charge in [-0.2, -0.15) is 13.2 Å². The third-order valence-electron chi connectivity index (χ3n) is 6.68. The molecule has 39 heavy (non-hydrogen) atoms. The first-order valence-corrected chi connectivity index (χ1v) is 13.3. The van der Waals surface area contributed by atoms with E-state index in [1.54, 1.807) is 24.4 Å². The number of aryl methyl sites for hydroxylation is 1. The van der Waals surface area contributed by atoms with Crippen LogP contribution in [0.25, 0.3) is 0 Å². The SMILES string of the molecule is Cc1cnc(N2c3cccc(C(=O)Nc4ccc(C(F)(F)F)cc4)c3OCC2(CO)COC2CCCCO2)s1. The van der Waals surface area contributed by atoms with Gasteiger partial charge in [-0.3, -0.25) is 4.79 Å². The fraction of sp³-hybridized carbons (Fsp3) is 0.407. The fourth-order valence-corrected chi connectivity index (χ4v) is 5.49. The van der Waals surface area contributed by atoms with Gasteiger partial charge in [-0.05, 0) is 62.6 Å². The Morgan fingerprint density at radius 2 is 2.05 bits per heavy atom. The van der Waals surface area contributed by atoms with Crippen LogP contribution < -0.4 is 15.0 Å². The molecule has 3 aromatic rings. The molecule has 2 aliphatic rings. The van der Waals surface area contributed by atoms with Crippen molar-refractivity contribution >= 4 is 33.8 Å². The number of nitrogens with zero attached hydrogens (tertiary/aromatic N) is 2. The molecule has 0 radical (unpaired) electrons. The molecule has 1 aromatic heterocycles. The van der Waals surface area contributed by atoms with E-state index in [-0.39, 0.29) is 43.1 Å². The summed E-state index contributed by atoms with van der Waals surface area (Å²) in [5.41, 5.74) is -0.941. The lowest BCUT2D eigenvalue weighted by molar-refractivity contribution is -0.175. The molecule has 0 saturated carbocycles. The van der Waals surface area contributed by atoms with E-state index >= 15 is 0 Å². The number of para-hydroxylation sites is 1. The maximum atomic E-state index is 13.2. The van der Waals surface area contributed by atoms with Crippen LogP contribution in [0, 0.1) is 6.92 Å². The van der Waals surface area contributed by atoms with E-state index < -0.39 is 23.2 Å². The number of benzene rings is 2. The van der Waals surface area contributed by atoms with Gasteiger partial charge in [0.2, 0.25) is 0 Å². The number of hydrogen-bond acceptors (Lipinski definition) is 8. The lowest BCUT2D eigenvalue weighted by Crippen LogP contribution is -2.60. The predicted octanol–water partition coefficient (Wildman–Crippen LogP) is 5.53. The average Bonchev–Trinajstić information content (AvgIpc) is 3.36. The van der Waals surface area contributed by atoms with Crippen LogP contribution in [0.4, 0.5) is 29.7 Å². The number of halogens is 3. The molecule has 2 N–H and O–H groups in total. The number of carbonyl (C=O) groups is 1. The Morgan fingerprint density at radius 3 is 2.69 bits per heavy atom. The highest BCUT2D eigenvalue weighted by atomic mass is 32.1. The molecular formula is C27H28F3N3O5S. The van der Waals surface area contributed by atoms with Crippen molar-refractivity contribution in [2.24, 2.45) is 0 Å². The molecule has 3 heterocycles. The van der Waals surface area contributed by atoms with Crippen LogP contribution in [0.5, 0.6) is 5.75 Å². The van der Waals surface area contributed by atoms with Crippen molar-refractivity contribution in [2.75, 3.05) is 36.6 Å². The van der Waals surface area contributed by atoms with Crippen LogP contribution in [0.15, 0.2) is 48.7 Å². The molecule has 8 nitrogen and oxygen atoms in total. The van der Waals surface area contributed by atoms with Gasteiger partial charge < -0.3 is 29.5 Å². The largest absolute Gasteiger partial charge is 0.488 e. The molecule has 1 saturated heterocycles. The molecule has 2 aliphatic heterocycles. The van der Waals surface area contributed by atoms with Crippen molar-refractivity contribution in [3.05, 3.63) is 64.7 Å². The first-order valence-electron chi connectivity index (χ1n) is 12.5. The van der Waals surface area contributed by atoms with E-state index in [9.17, 15) is 23.1 Å². The lowest BCUT2D eigenvalue weighted by atomic mass is 9.96. The van der Waals surface area contributed by atoms with Gasteiger partial charge in [-0.15, -0.1) is 11.3 Å². The van der Waals surface area contributed by atoms with Crippen LogP contribution in [-0.2, 0) is 15.7 Å². The zero-order chi connectivity index (χ0) is 27.6. The minimum Gasteiger partial charge on any atom is -0.488 e. The van der Waals surface area contributed by atoms with E-state index in [0.717, 1.165) is 36.3 Å². The van der Waals surface area contributed by atoms with Crippen molar-refractivity contribution in [1.29, 1.82) is 0 Å². The Balaban J connectivity index is 1.46. The number of hydrogen-bond donors (Lipinski definition) is 2. The highest BCUT2D eigenvalue weighted by molar-refractivity contribution is 7.15. The second kappa shape index (κ2) is 11.1. The Labute approximate surface area is 227 Å². The molecule has 12 heteroatoms. The molecule has 2 atom stereocenters. The number of anilines is 3. The van der Waals surface area contributed by atoms with Gasteiger partial charge in [-0.1, -0.05) is 6.07 Å². The summed E-state index contributed by atoms with van der Waals surface area (Å²) < 4.78 is 56.7. The van der Waals surface area contributed by atoms with Crippen molar-refractivity contribution in [3.63, 3.8) is 0 Å². The number of thiazole rings is 1. The van der Waals surface area contributed by atoms with E-state index in [2.05, 4.69) is 10.3 Å². The highest BCUT2D eigenvalue weighted by Crippen LogP contribution is 2.46. The number of alkyl halides is 3. The summed E-state index contributed by atoms with van der Waals surface area (Å²) in [5.74, 6) is -0.280. The minimum absolute atomic E-state index is 0.00752. The highest BCUT2D eigenvalue weighted by Gasteiger charge is 2.46. The number of aliphatic hydroxyl groups excluding tert-OH is 1. The molecule has 2 unspecified atom stereocenters. The normalized spacial score (nSPS) is 21.3. The van der Waals surface area contributed by atoms with Gasteiger partial charge in [0, 0.05) is 23.4 Å². The summed E-state index contributed by atoms with van der Waals surface area (Å²) in [6.07, 6.45) is -0.415. The average molecular weight is 564 g/mol. The Hall–Kier alpha value is -3.19. The Morgan fingerprint density at radius 1 is 1.26 bits per heavy atom. The van der Waals surface area contributed by atoms with Crippen LogP contribution in [-0.4, -0.2) is 54.3 Å². The second-order valence-electron chi connectivity index (χ2n) is 9.55. The molecule has 0 aliphatic carbocycles. The maximum absolute atomic E-state index is 13.2. The Kier molecular flexibility index (Phi) is 7.81. The van der Waals surface area contributed by atoms with Gasteiger partial charge in [0.15, 0.2) is 17.2 Å². The van der Waals surface area contributed by atoms with E-state index in [0.29, 0.717) is 17.4 Å². The molecule has 208 valence electrons. The summed E-state index contributed by atoms with van der Waals surface area (Å²) >= 11 is 1.43. The zero-order valence-corrected chi connectivity index (χ0v) is 22.0. The van der Waals surface area contributed by atoms with Crippen molar-refractivity contribution in [2.45, 2.75) is 44.2 Å². The quantitative estimate of drug-likeness (QED) is 0.391. The van der Waals surface area contributed by atoms with Crippen molar-refractivity contribution in [1.82, 2.24) is 4.98 Å². The van der Waals surface area contributed by atoms with Crippen LogP contribution in [0.1, 0.15) is 40.1 Å².